The van der Waals surface area contributed by atoms with Gasteiger partial charge in [-0.2, -0.15) is 5.10 Å². The van der Waals surface area contributed by atoms with Gasteiger partial charge in [0, 0.05) is 6.72 Å². The molecule has 0 rings (SSSR count). The number of hydrogen-bond acceptors (Lipinski definition) is 2. The molecule has 0 heterocycles. The van der Waals surface area contributed by atoms with Crippen molar-refractivity contribution >= 4 is 12.8 Å². The van der Waals surface area contributed by atoms with Crippen LogP contribution in [0.1, 0.15) is 0 Å². The molecule has 0 aliphatic rings. The molecule has 0 aliphatic heterocycles. The Morgan fingerprint density at radius 1 is 2.00 bits per heavy atom. The lowest BCUT2D eigenvalue weighted by Crippen LogP contribution is -2.11. The summed E-state index contributed by atoms with van der Waals surface area (Å²) in [4.78, 5) is 9.35. The highest BCUT2D eigenvalue weighted by Gasteiger charge is 1.81. The summed E-state index contributed by atoms with van der Waals surface area (Å²) in [6, 6.07) is 0. The molecule has 0 aliphatic carbocycles. The lowest BCUT2D eigenvalue weighted by molar-refractivity contribution is 0.195. The van der Waals surface area contributed by atoms with Gasteiger partial charge in [-0.1, -0.05) is 0 Å². The molecule has 1 amide bonds. The van der Waals surface area contributed by atoms with Crippen LogP contribution in [0.25, 0.3) is 0 Å². The van der Waals surface area contributed by atoms with E-state index in [1.807, 2.05) is 0 Å². The Morgan fingerprint density at radius 3 is 2.50 bits per heavy atom. The van der Waals surface area contributed by atoms with Crippen LogP contribution in [-0.2, 0) is 0 Å². The Labute approximate surface area is 34.5 Å². The molecule has 0 saturated heterocycles. The van der Waals surface area contributed by atoms with Gasteiger partial charge >= 0.3 is 6.09 Å². The van der Waals surface area contributed by atoms with E-state index in [9.17, 15) is 4.79 Å². The summed E-state index contributed by atoms with van der Waals surface area (Å²) in [5, 5.41) is 10.5. The third kappa shape index (κ3) is 2.94. The normalized spacial score (nSPS) is 6.67. The van der Waals surface area contributed by atoms with Crippen molar-refractivity contribution < 1.29 is 9.90 Å². The fourth-order valence-corrected chi connectivity index (χ4v) is 0.0676. The molecule has 0 bridgehead atoms. The summed E-state index contributed by atoms with van der Waals surface area (Å²) >= 11 is 0. The Kier molecular flexibility index (Phi) is 1.81. The van der Waals surface area contributed by atoms with Crippen LogP contribution in [0.15, 0.2) is 5.10 Å². The minimum Gasteiger partial charge on any atom is -0.464 e. The number of nitrogens with zero attached hydrogens (tertiary/aromatic N) is 1. The van der Waals surface area contributed by atoms with Gasteiger partial charge in [-0.05, 0) is 0 Å². The number of hydrazone groups is 1. The molecule has 0 spiro atoms. The van der Waals surface area contributed by atoms with E-state index in [1.165, 1.54) is 0 Å². The minimum atomic E-state index is -1.19. The molecule has 0 aromatic carbocycles. The molecule has 4 heteroatoms. The van der Waals surface area contributed by atoms with Crippen LogP contribution in [0.5, 0.6) is 0 Å². The van der Waals surface area contributed by atoms with E-state index in [0.29, 0.717) is 0 Å². The second kappa shape index (κ2) is 2.19. The summed E-state index contributed by atoms with van der Waals surface area (Å²) in [5.41, 5.74) is 1.64. The van der Waals surface area contributed by atoms with E-state index in [1.54, 1.807) is 5.43 Å². The molecule has 0 radical (unpaired) electrons. The summed E-state index contributed by atoms with van der Waals surface area (Å²) < 4.78 is 0. The van der Waals surface area contributed by atoms with Gasteiger partial charge in [-0.3, -0.25) is 0 Å². The molecule has 2 N–H and O–H groups in total. The van der Waals surface area contributed by atoms with Crippen molar-refractivity contribution in [3.05, 3.63) is 0 Å². The van der Waals surface area contributed by atoms with E-state index in [4.69, 9.17) is 5.11 Å². The van der Waals surface area contributed by atoms with E-state index < -0.39 is 6.09 Å². The largest absolute Gasteiger partial charge is 0.464 e. The van der Waals surface area contributed by atoms with Crippen molar-refractivity contribution in [1.82, 2.24) is 5.43 Å². The molecule has 0 saturated carbocycles. The number of carbonyl (C=O) groups is 1. The van der Waals surface area contributed by atoms with Crippen molar-refractivity contribution in [3.8, 4) is 0 Å². The zero-order valence-electron chi connectivity index (χ0n) is 3.01. The van der Waals surface area contributed by atoms with Gasteiger partial charge in [0.05, 0.1) is 0 Å². The smallest absolute Gasteiger partial charge is 0.425 e. The van der Waals surface area contributed by atoms with Crippen LogP contribution in [0.3, 0.4) is 0 Å². The van der Waals surface area contributed by atoms with E-state index >= 15 is 0 Å². The van der Waals surface area contributed by atoms with E-state index in [2.05, 4.69) is 11.8 Å². The fourth-order valence-electron chi connectivity index (χ4n) is 0.0676. The average molecular weight is 88.1 g/mol. The van der Waals surface area contributed by atoms with Crippen LogP contribution in [0.4, 0.5) is 4.79 Å². The van der Waals surface area contributed by atoms with Gasteiger partial charge in [0.25, 0.3) is 0 Å². The minimum absolute atomic E-state index is 1.19. The van der Waals surface area contributed by atoms with Crippen LogP contribution in [-0.4, -0.2) is 17.9 Å². The van der Waals surface area contributed by atoms with Gasteiger partial charge in [-0.25, -0.2) is 10.2 Å². The number of hydrogen-bond donors (Lipinski definition) is 2. The predicted molar refractivity (Wildman–Crippen MR) is 20.7 cm³/mol. The first kappa shape index (κ1) is 4.94. The van der Waals surface area contributed by atoms with Gasteiger partial charge in [-0.15, -0.1) is 0 Å². The standard InChI is InChI=1S/C2H4N2O2/c1-3-4-2(5)6/h4H,1H2,(H,5,6). The molecule has 0 fully saturated rings. The molecule has 34 valence electrons. The molecule has 0 aromatic rings. The van der Waals surface area contributed by atoms with Crippen molar-refractivity contribution in [3.63, 3.8) is 0 Å². The third-order valence-electron chi connectivity index (χ3n) is 0.175. The lowest BCUT2D eigenvalue weighted by atomic mass is 11.3. The highest BCUT2D eigenvalue weighted by Crippen LogP contribution is 1.53. The summed E-state index contributed by atoms with van der Waals surface area (Å²) in [6.07, 6.45) is -1.19. The maximum Gasteiger partial charge on any atom is 0.425 e. The van der Waals surface area contributed by atoms with Crippen LogP contribution in [0.2, 0.25) is 0 Å². The van der Waals surface area contributed by atoms with Gasteiger partial charge in [0.2, 0.25) is 0 Å². The van der Waals surface area contributed by atoms with Crippen molar-refractivity contribution in [2.45, 2.75) is 0 Å². The maximum absolute atomic E-state index is 9.35. The third-order valence-corrected chi connectivity index (χ3v) is 0.175. The number of nitrogens with one attached hydrogen (secondary N) is 1. The fraction of sp³-hybridized carbons (Fsp3) is 0. The predicted octanol–water partition coefficient (Wildman–Crippen LogP) is -0.130. The van der Waals surface area contributed by atoms with Crippen molar-refractivity contribution in [2.24, 2.45) is 5.10 Å². The van der Waals surface area contributed by atoms with Crippen LogP contribution < -0.4 is 5.43 Å². The number of amides is 1. The van der Waals surface area contributed by atoms with E-state index in [0.717, 1.165) is 0 Å². The Balaban J connectivity index is 3.05. The maximum atomic E-state index is 9.35. The lowest BCUT2D eigenvalue weighted by Gasteiger charge is -1.81. The second-order valence-electron chi connectivity index (χ2n) is 0.575. The molecule has 0 aromatic heterocycles. The first-order valence-corrected chi connectivity index (χ1v) is 1.22. The average Bonchev–Trinajstić information content (AvgIpc) is 1.35. The van der Waals surface area contributed by atoms with Gasteiger partial charge in [0.1, 0.15) is 0 Å². The Hall–Kier alpha value is -1.06. The quantitative estimate of drug-likeness (QED) is 0.346. The summed E-state index contributed by atoms with van der Waals surface area (Å²) in [6.45, 7) is 2.86. The number of carboxylic acid groups (broad SMARTS) is 1. The Morgan fingerprint density at radius 2 is 2.50 bits per heavy atom. The topological polar surface area (TPSA) is 61.7 Å². The summed E-state index contributed by atoms with van der Waals surface area (Å²) in [7, 11) is 0. The molecule has 0 unspecified atom stereocenters. The zero-order valence-corrected chi connectivity index (χ0v) is 3.01. The van der Waals surface area contributed by atoms with E-state index in [-0.39, 0.29) is 0 Å². The van der Waals surface area contributed by atoms with Gasteiger partial charge < -0.3 is 5.11 Å². The molecular weight excluding hydrogens is 84.0 g/mol. The molecule has 4 nitrogen and oxygen atoms in total. The monoisotopic (exact) mass is 88.0 g/mol. The first-order chi connectivity index (χ1) is 2.77. The van der Waals surface area contributed by atoms with Crippen LogP contribution >= 0.6 is 0 Å². The van der Waals surface area contributed by atoms with Crippen molar-refractivity contribution in [2.75, 3.05) is 0 Å². The number of rotatable bonds is 1. The molecular formula is C2H4N2O2. The van der Waals surface area contributed by atoms with Crippen LogP contribution in [0, 0.1) is 0 Å². The second-order valence-corrected chi connectivity index (χ2v) is 0.575. The zero-order chi connectivity index (χ0) is 4.99. The first-order valence-electron chi connectivity index (χ1n) is 1.22. The SMILES string of the molecule is C=NNC(=O)O. The van der Waals surface area contributed by atoms with Gasteiger partial charge in [0.15, 0.2) is 0 Å². The highest BCUT2D eigenvalue weighted by atomic mass is 16.4. The van der Waals surface area contributed by atoms with Crippen molar-refractivity contribution in [1.29, 1.82) is 0 Å². The molecule has 6 heavy (non-hydrogen) atoms. The molecule has 0 atom stereocenters. The summed E-state index contributed by atoms with van der Waals surface area (Å²) in [5.74, 6) is 0. The highest BCUT2D eigenvalue weighted by molar-refractivity contribution is 5.64. The Bertz CT molecular complexity index is 69.9.